The molecule has 0 bridgehead atoms. The van der Waals surface area contributed by atoms with E-state index in [1.54, 1.807) is 12.1 Å². The largest absolute Gasteiger partial charge is 0.304 e. The molecular weight excluding hydrogens is 330 g/mol. The Labute approximate surface area is 124 Å². The van der Waals surface area contributed by atoms with E-state index in [1.807, 2.05) is 0 Å². The lowest BCUT2D eigenvalue weighted by Gasteiger charge is -2.08. The number of hydrogen-bond acceptors (Lipinski definition) is 3. The van der Waals surface area contributed by atoms with Gasteiger partial charge in [-0.05, 0) is 40.4 Å². The van der Waals surface area contributed by atoms with Gasteiger partial charge in [-0.1, -0.05) is 25.4 Å². The maximum atomic E-state index is 11.9. The molecule has 4 nitrogen and oxygen atoms in total. The van der Waals surface area contributed by atoms with Gasteiger partial charge in [0, 0.05) is 6.20 Å². The molecule has 0 atom stereocenters. The lowest BCUT2D eigenvalue weighted by atomic mass is 10.1. The van der Waals surface area contributed by atoms with Crippen LogP contribution in [0, 0.1) is 5.92 Å². The molecular formula is C13H13BrClN3O. The van der Waals surface area contributed by atoms with Crippen molar-refractivity contribution in [2.24, 2.45) is 5.92 Å². The maximum Gasteiger partial charge on any atom is 0.265 e. The fraction of sp³-hybridized carbons (Fsp3) is 0.308. The summed E-state index contributed by atoms with van der Waals surface area (Å²) in [6.45, 7) is 4.16. The number of hydrogen-bond donors (Lipinski definition) is 1. The quantitative estimate of drug-likeness (QED) is 0.929. The monoisotopic (exact) mass is 341 g/mol. The first-order chi connectivity index (χ1) is 8.97. The molecule has 0 amide bonds. The molecule has 0 saturated heterocycles. The Balaban J connectivity index is 2.50. The highest BCUT2D eigenvalue weighted by Crippen LogP contribution is 2.18. The van der Waals surface area contributed by atoms with Crippen molar-refractivity contribution in [1.29, 1.82) is 0 Å². The zero-order valence-corrected chi connectivity index (χ0v) is 12.9. The summed E-state index contributed by atoms with van der Waals surface area (Å²) in [5.74, 6) is 0.872. The van der Waals surface area contributed by atoms with Crippen LogP contribution in [-0.2, 0) is 6.42 Å². The van der Waals surface area contributed by atoms with Crippen LogP contribution in [0.5, 0.6) is 0 Å². The summed E-state index contributed by atoms with van der Waals surface area (Å²) in [5, 5.41) is 0.547. The van der Waals surface area contributed by atoms with Crippen LogP contribution >= 0.6 is 27.5 Å². The van der Waals surface area contributed by atoms with Gasteiger partial charge in [-0.3, -0.25) is 9.78 Å². The third-order valence-electron chi connectivity index (χ3n) is 2.50. The minimum atomic E-state index is -0.197. The smallest absolute Gasteiger partial charge is 0.265 e. The number of aromatic amines is 1. The van der Waals surface area contributed by atoms with Gasteiger partial charge >= 0.3 is 0 Å². The number of pyridine rings is 1. The maximum absolute atomic E-state index is 11.9. The van der Waals surface area contributed by atoms with Crippen LogP contribution in [0.2, 0.25) is 5.02 Å². The molecule has 0 aliphatic rings. The summed E-state index contributed by atoms with van der Waals surface area (Å²) in [5.41, 5.74) is 1.14. The number of halogens is 2. The number of nitrogens with zero attached hydrogens (tertiary/aromatic N) is 2. The molecule has 1 N–H and O–H groups in total. The summed E-state index contributed by atoms with van der Waals surface area (Å²) in [4.78, 5) is 23.2. The molecule has 0 fully saturated rings. The first kappa shape index (κ1) is 14.2. The van der Waals surface area contributed by atoms with Crippen molar-refractivity contribution in [2.75, 3.05) is 0 Å². The molecule has 2 aromatic heterocycles. The Morgan fingerprint density at radius 1 is 1.42 bits per heavy atom. The molecule has 2 aromatic rings. The van der Waals surface area contributed by atoms with Gasteiger partial charge in [0.25, 0.3) is 5.56 Å². The van der Waals surface area contributed by atoms with Crippen LogP contribution in [0.3, 0.4) is 0 Å². The molecule has 2 rings (SSSR count). The second-order valence-electron chi connectivity index (χ2n) is 4.63. The first-order valence-corrected chi connectivity index (χ1v) is 7.05. The SMILES string of the molecule is CC(C)Cc1nc(-c2ccc(Cl)cn2)[nH]c(=O)c1Br. The van der Waals surface area contributed by atoms with Crippen molar-refractivity contribution in [3.63, 3.8) is 0 Å². The van der Waals surface area contributed by atoms with Crippen molar-refractivity contribution in [1.82, 2.24) is 15.0 Å². The number of rotatable bonds is 3. The molecule has 100 valence electrons. The molecule has 0 aliphatic heterocycles. The summed E-state index contributed by atoms with van der Waals surface area (Å²) in [6, 6.07) is 3.45. The van der Waals surface area contributed by atoms with E-state index in [2.05, 4.69) is 44.7 Å². The van der Waals surface area contributed by atoms with Crippen LogP contribution in [0.1, 0.15) is 19.5 Å². The van der Waals surface area contributed by atoms with Crippen LogP contribution in [-0.4, -0.2) is 15.0 Å². The van der Waals surface area contributed by atoms with Gasteiger partial charge < -0.3 is 4.98 Å². The van der Waals surface area contributed by atoms with Crippen molar-refractivity contribution < 1.29 is 0 Å². The minimum absolute atomic E-state index is 0.197. The number of nitrogens with one attached hydrogen (secondary N) is 1. The van der Waals surface area contributed by atoms with E-state index < -0.39 is 0 Å². The second kappa shape index (κ2) is 5.84. The first-order valence-electron chi connectivity index (χ1n) is 5.88. The van der Waals surface area contributed by atoms with Crippen LogP contribution < -0.4 is 5.56 Å². The Morgan fingerprint density at radius 2 is 2.16 bits per heavy atom. The highest BCUT2D eigenvalue weighted by Gasteiger charge is 2.12. The Bertz CT molecular complexity index is 637. The van der Waals surface area contributed by atoms with E-state index in [4.69, 9.17) is 11.6 Å². The van der Waals surface area contributed by atoms with Gasteiger partial charge in [-0.2, -0.15) is 0 Å². The highest BCUT2D eigenvalue weighted by molar-refractivity contribution is 9.10. The predicted octanol–water partition coefficient (Wildman–Crippen LogP) is 3.45. The molecule has 0 spiro atoms. The van der Waals surface area contributed by atoms with Crippen LogP contribution in [0.15, 0.2) is 27.6 Å². The molecule has 0 unspecified atom stereocenters. The predicted molar refractivity (Wildman–Crippen MR) is 79.3 cm³/mol. The molecule has 2 heterocycles. The van der Waals surface area contributed by atoms with Crippen molar-refractivity contribution in [3.05, 3.63) is 43.9 Å². The average molecular weight is 343 g/mol. The lowest BCUT2D eigenvalue weighted by Crippen LogP contribution is -2.15. The second-order valence-corrected chi connectivity index (χ2v) is 5.86. The third-order valence-corrected chi connectivity index (χ3v) is 3.54. The normalized spacial score (nSPS) is 11.0. The van der Waals surface area contributed by atoms with Crippen LogP contribution in [0.4, 0.5) is 0 Å². The van der Waals surface area contributed by atoms with Gasteiger partial charge in [0.1, 0.15) is 10.2 Å². The van der Waals surface area contributed by atoms with Gasteiger partial charge in [-0.25, -0.2) is 4.98 Å². The van der Waals surface area contributed by atoms with Gasteiger partial charge in [-0.15, -0.1) is 0 Å². The van der Waals surface area contributed by atoms with Gasteiger partial charge in [0.05, 0.1) is 10.7 Å². The Kier molecular flexibility index (Phi) is 4.37. The molecule has 6 heteroatoms. The fourth-order valence-electron chi connectivity index (χ4n) is 1.66. The van der Waals surface area contributed by atoms with Gasteiger partial charge in [0.15, 0.2) is 5.82 Å². The summed E-state index contributed by atoms with van der Waals surface area (Å²) >= 11 is 9.07. The highest BCUT2D eigenvalue weighted by atomic mass is 79.9. The van der Waals surface area contributed by atoms with E-state index in [-0.39, 0.29) is 5.56 Å². The summed E-state index contributed by atoms with van der Waals surface area (Å²) in [6.07, 6.45) is 2.26. The van der Waals surface area contributed by atoms with E-state index in [0.29, 0.717) is 26.9 Å². The molecule has 0 radical (unpaired) electrons. The molecule has 0 saturated carbocycles. The fourth-order valence-corrected chi connectivity index (χ4v) is 2.13. The summed E-state index contributed by atoms with van der Waals surface area (Å²) < 4.78 is 0.485. The Hall–Kier alpha value is -1.20. The van der Waals surface area contributed by atoms with E-state index >= 15 is 0 Å². The third kappa shape index (κ3) is 3.42. The molecule has 0 aromatic carbocycles. The summed E-state index contributed by atoms with van der Waals surface area (Å²) in [7, 11) is 0. The zero-order valence-electron chi connectivity index (χ0n) is 10.6. The molecule has 19 heavy (non-hydrogen) atoms. The zero-order chi connectivity index (χ0) is 14.0. The average Bonchev–Trinajstić information content (AvgIpc) is 2.35. The van der Waals surface area contributed by atoms with E-state index in [9.17, 15) is 4.79 Å². The lowest BCUT2D eigenvalue weighted by molar-refractivity contribution is 0.631. The standard InChI is InChI=1S/C13H13BrClN3O/c1-7(2)5-10-11(14)13(19)18-12(17-10)9-4-3-8(15)6-16-9/h3-4,6-7H,5H2,1-2H3,(H,17,18,19). The van der Waals surface area contributed by atoms with Gasteiger partial charge in [0.2, 0.25) is 0 Å². The van der Waals surface area contributed by atoms with E-state index in [0.717, 1.165) is 12.1 Å². The van der Waals surface area contributed by atoms with Crippen molar-refractivity contribution >= 4 is 27.5 Å². The Morgan fingerprint density at radius 3 is 2.74 bits per heavy atom. The number of H-pyrrole nitrogens is 1. The van der Waals surface area contributed by atoms with Crippen molar-refractivity contribution in [3.8, 4) is 11.5 Å². The topological polar surface area (TPSA) is 58.6 Å². The minimum Gasteiger partial charge on any atom is -0.304 e. The van der Waals surface area contributed by atoms with Crippen molar-refractivity contribution in [2.45, 2.75) is 20.3 Å². The molecule has 0 aliphatic carbocycles. The van der Waals surface area contributed by atoms with Crippen LogP contribution in [0.25, 0.3) is 11.5 Å². The van der Waals surface area contributed by atoms with E-state index in [1.165, 1.54) is 6.20 Å². The number of aromatic nitrogens is 3.